The SMILES string of the molecule is COC(=O)c1ccc(Nc2oc(C)c(C(=O)OC)c2-c2nc3ccccc3s2)nn1. The molecule has 4 rings (SSSR count). The fourth-order valence-corrected chi connectivity index (χ4v) is 3.91. The standard InChI is InChI=1S/C20H16N4O5S/c1-10-15(20(26)28-3)16(18-21-11-6-4-5-7-13(11)30-18)17(29-10)22-14-9-8-12(23-24-14)19(25)27-2/h4-9H,1-3H3,(H,22,24). The highest BCUT2D eigenvalue weighted by atomic mass is 32.1. The second-order valence-corrected chi connectivity index (χ2v) is 7.17. The van der Waals surface area contributed by atoms with E-state index >= 15 is 0 Å². The fraction of sp³-hybridized carbons (Fsp3) is 0.150. The number of carbonyl (C=O) groups excluding carboxylic acids is 2. The second-order valence-electron chi connectivity index (χ2n) is 6.14. The Morgan fingerprint density at radius 1 is 1.03 bits per heavy atom. The van der Waals surface area contributed by atoms with Gasteiger partial charge < -0.3 is 19.2 Å². The summed E-state index contributed by atoms with van der Waals surface area (Å²) in [4.78, 5) is 28.6. The van der Waals surface area contributed by atoms with Crippen LogP contribution in [-0.2, 0) is 9.47 Å². The summed E-state index contributed by atoms with van der Waals surface area (Å²) in [5, 5.41) is 11.4. The van der Waals surface area contributed by atoms with Crippen LogP contribution in [0.25, 0.3) is 20.8 Å². The first kappa shape index (κ1) is 19.5. The van der Waals surface area contributed by atoms with Crippen LogP contribution in [0.3, 0.4) is 0 Å². The van der Waals surface area contributed by atoms with E-state index in [1.807, 2.05) is 24.3 Å². The van der Waals surface area contributed by atoms with Crippen molar-refractivity contribution in [3.8, 4) is 10.6 Å². The number of hydrogen-bond acceptors (Lipinski definition) is 10. The van der Waals surface area contributed by atoms with Crippen LogP contribution < -0.4 is 5.32 Å². The molecule has 9 nitrogen and oxygen atoms in total. The van der Waals surface area contributed by atoms with Gasteiger partial charge in [0.1, 0.15) is 16.3 Å². The molecule has 1 N–H and O–H groups in total. The Morgan fingerprint density at radius 3 is 2.47 bits per heavy atom. The maximum absolute atomic E-state index is 12.4. The lowest BCUT2D eigenvalue weighted by atomic mass is 10.1. The number of nitrogens with one attached hydrogen (secondary N) is 1. The number of para-hydroxylation sites is 1. The van der Waals surface area contributed by atoms with Gasteiger partial charge in [0.15, 0.2) is 11.5 Å². The number of aryl methyl sites for hydroxylation is 1. The molecule has 3 aromatic heterocycles. The van der Waals surface area contributed by atoms with E-state index in [1.54, 1.807) is 13.0 Å². The number of thiazole rings is 1. The molecule has 0 bridgehead atoms. The topological polar surface area (TPSA) is 116 Å². The minimum atomic E-state index is -0.592. The Labute approximate surface area is 174 Å². The molecule has 0 aliphatic heterocycles. The highest BCUT2D eigenvalue weighted by Crippen LogP contribution is 2.41. The number of hydrogen-bond donors (Lipinski definition) is 1. The molecule has 0 saturated heterocycles. The van der Waals surface area contributed by atoms with E-state index in [0.717, 1.165) is 10.2 Å². The maximum atomic E-state index is 12.4. The number of aromatic nitrogens is 3. The molecule has 0 aliphatic rings. The van der Waals surface area contributed by atoms with Crippen molar-refractivity contribution in [2.75, 3.05) is 19.5 Å². The average molecular weight is 424 g/mol. The van der Waals surface area contributed by atoms with Gasteiger partial charge in [-0.05, 0) is 31.2 Å². The molecule has 0 amide bonds. The van der Waals surface area contributed by atoms with Crippen molar-refractivity contribution in [1.82, 2.24) is 15.2 Å². The first-order valence-electron chi connectivity index (χ1n) is 8.78. The summed E-state index contributed by atoms with van der Waals surface area (Å²) < 4.78 is 16.3. The van der Waals surface area contributed by atoms with Gasteiger partial charge in [-0.25, -0.2) is 14.6 Å². The zero-order valence-corrected chi connectivity index (χ0v) is 17.1. The van der Waals surface area contributed by atoms with Gasteiger partial charge in [-0.2, -0.15) is 0 Å². The van der Waals surface area contributed by atoms with Crippen LogP contribution in [0.1, 0.15) is 26.6 Å². The first-order chi connectivity index (χ1) is 14.5. The Balaban J connectivity index is 1.80. The molecule has 0 radical (unpaired) electrons. The lowest BCUT2D eigenvalue weighted by Crippen LogP contribution is -2.06. The van der Waals surface area contributed by atoms with Crippen LogP contribution in [0.2, 0.25) is 0 Å². The number of methoxy groups -OCH3 is 2. The molecule has 0 fully saturated rings. The third-order valence-corrected chi connectivity index (χ3v) is 5.34. The first-order valence-corrected chi connectivity index (χ1v) is 9.60. The van der Waals surface area contributed by atoms with Gasteiger partial charge >= 0.3 is 11.9 Å². The maximum Gasteiger partial charge on any atom is 0.358 e. The number of anilines is 2. The van der Waals surface area contributed by atoms with Gasteiger partial charge in [0, 0.05) is 0 Å². The number of fused-ring (bicyclic) bond motifs is 1. The summed E-state index contributed by atoms with van der Waals surface area (Å²) in [5.74, 6) is -0.170. The van der Waals surface area contributed by atoms with E-state index < -0.39 is 11.9 Å². The zero-order valence-electron chi connectivity index (χ0n) is 16.3. The summed E-state index contributed by atoms with van der Waals surface area (Å²) in [6.45, 7) is 1.67. The van der Waals surface area contributed by atoms with Crippen molar-refractivity contribution in [2.24, 2.45) is 0 Å². The monoisotopic (exact) mass is 424 g/mol. The zero-order chi connectivity index (χ0) is 21.3. The number of nitrogens with zero attached hydrogens (tertiary/aromatic N) is 3. The molecule has 10 heteroatoms. The molecule has 0 unspecified atom stereocenters. The minimum Gasteiger partial charge on any atom is -0.465 e. The highest BCUT2D eigenvalue weighted by molar-refractivity contribution is 7.21. The van der Waals surface area contributed by atoms with Gasteiger partial charge in [-0.1, -0.05) is 12.1 Å². The van der Waals surface area contributed by atoms with Gasteiger partial charge in [0.2, 0.25) is 5.88 Å². The van der Waals surface area contributed by atoms with Crippen molar-refractivity contribution >= 4 is 45.2 Å². The normalized spacial score (nSPS) is 10.8. The van der Waals surface area contributed by atoms with Crippen LogP contribution >= 0.6 is 11.3 Å². The van der Waals surface area contributed by atoms with Crippen LogP contribution in [0.15, 0.2) is 40.8 Å². The van der Waals surface area contributed by atoms with Crippen molar-refractivity contribution in [2.45, 2.75) is 6.92 Å². The largest absolute Gasteiger partial charge is 0.465 e. The third-order valence-electron chi connectivity index (χ3n) is 4.28. The number of rotatable bonds is 5. The summed E-state index contributed by atoms with van der Waals surface area (Å²) >= 11 is 1.42. The van der Waals surface area contributed by atoms with Gasteiger partial charge in [0.05, 0.1) is 30.0 Å². The lowest BCUT2D eigenvalue weighted by Gasteiger charge is -2.05. The van der Waals surface area contributed by atoms with Gasteiger partial charge in [-0.3, -0.25) is 0 Å². The molecule has 0 spiro atoms. The van der Waals surface area contributed by atoms with Crippen LogP contribution in [0.5, 0.6) is 0 Å². The molecule has 3 heterocycles. The Hall–Kier alpha value is -3.79. The predicted molar refractivity (Wildman–Crippen MR) is 110 cm³/mol. The van der Waals surface area contributed by atoms with E-state index in [-0.39, 0.29) is 17.1 Å². The van der Waals surface area contributed by atoms with E-state index in [2.05, 4.69) is 25.2 Å². The Bertz CT molecular complexity index is 1210. The van der Waals surface area contributed by atoms with Crippen molar-refractivity contribution in [3.05, 3.63) is 53.4 Å². The number of benzene rings is 1. The van der Waals surface area contributed by atoms with Crippen LogP contribution in [0, 0.1) is 6.92 Å². The van der Waals surface area contributed by atoms with Crippen LogP contribution in [-0.4, -0.2) is 41.3 Å². The number of carbonyl (C=O) groups is 2. The minimum absolute atomic E-state index is 0.0697. The Kier molecular flexibility index (Phi) is 5.15. The molecular formula is C20H16N4O5S. The summed E-state index contributed by atoms with van der Waals surface area (Å²) in [6.07, 6.45) is 0. The van der Waals surface area contributed by atoms with Crippen LogP contribution in [0.4, 0.5) is 11.7 Å². The molecule has 0 aliphatic carbocycles. The predicted octanol–water partition coefficient (Wildman–Crippen LogP) is 3.97. The molecule has 4 aromatic rings. The molecule has 0 atom stereocenters. The average Bonchev–Trinajstić information content (AvgIpc) is 3.33. The van der Waals surface area contributed by atoms with Crippen molar-refractivity contribution in [3.63, 3.8) is 0 Å². The van der Waals surface area contributed by atoms with E-state index in [9.17, 15) is 9.59 Å². The number of furan rings is 1. The van der Waals surface area contributed by atoms with Crippen molar-refractivity contribution < 1.29 is 23.5 Å². The molecule has 1 aromatic carbocycles. The number of ether oxygens (including phenoxy) is 2. The summed E-state index contributed by atoms with van der Waals surface area (Å²) in [7, 11) is 2.57. The van der Waals surface area contributed by atoms with Crippen molar-refractivity contribution in [1.29, 1.82) is 0 Å². The summed E-state index contributed by atoms with van der Waals surface area (Å²) in [5.41, 5.74) is 1.62. The second kappa shape index (κ2) is 7.91. The van der Waals surface area contributed by atoms with E-state index in [0.29, 0.717) is 22.1 Å². The third kappa shape index (κ3) is 3.48. The smallest absolute Gasteiger partial charge is 0.358 e. The van der Waals surface area contributed by atoms with Gasteiger partial charge in [-0.15, -0.1) is 21.5 Å². The van der Waals surface area contributed by atoms with E-state index in [1.165, 1.54) is 31.6 Å². The lowest BCUT2D eigenvalue weighted by molar-refractivity contribution is 0.0586. The highest BCUT2D eigenvalue weighted by Gasteiger charge is 2.28. The van der Waals surface area contributed by atoms with E-state index in [4.69, 9.17) is 9.15 Å². The molecule has 30 heavy (non-hydrogen) atoms. The quantitative estimate of drug-likeness (QED) is 0.475. The molecular weight excluding hydrogens is 408 g/mol. The van der Waals surface area contributed by atoms with Gasteiger partial charge in [0.25, 0.3) is 0 Å². The fourth-order valence-electron chi connectivity index (χ4n) is 2.89. The molecule has 152 valence electrons. The number of esters is 2. The summed E-state index contributed by atoms with van der Waals surface area (Å²) in [6, 6.07) is 10.7. The molecule has 0 saturated carbocycles. The Morgan fingerprint density at radius 2 is 1.80 bits per heavy atom.